The molecule has 3 N–H and O–H groups in total. The Kier molecular flexibility index (Phi) is 3.82. The van der Waals surface area contributed by atoms with Crippen LogP contribution in [0.5, 0.6) is 0 Å². The third kappa shape index (κ3) is 3.29. The number of hydrogen-bond acceptors (Lipinski definition) is 5. The third-order valence-electron chi connectivity index (χ3n) is 4.25. The van der Waals surface area contributed by atoms with Gasteiger partial charge in [-0.1, -0.05) is 36.4 Å². The molecule has 4 rings (SSSR count). The van der Waals surface area contributed by atoms with Crippen molar-refractivity contribution < 1.29 is 0 Å². The van der Waals surface area contributed by atoms with E-state index in [4.69, 9.17) is 10.7 Å². The Balaban J connectivity index is 1.73. The second-order valence-electron chi connectivity index (χ2n) is 6.56. The number of imidazole rings is 1. The summed E-state index contributed by atoms with van der Waals surface area (Å²) in [5, 5.41) is 3.45. The van der Waals surface area contributed by atoms with E-state index in [1.165, 1.54) is 5.56 Å². The lowest BCUT2D eigenvalue weighted by molar-refractivity contribution is 0.574. The minimum atomic E-state index is -0.393. The maximum absolute atomic E-state index is 6.32. The average Bonchev–Trinajstić information content (AvgIpc) is 3.15. The first-order valence-electron chi connectivity index (χ1n) is 8.26. The molecule has 0 saturated heterocycles. The zero-order valence-electron chi connectivity index (χ0n) is 14.1. The van der Waals surface area contributed by atoms with Crippen molar-refractivity contribution in [2.45, 2.75) is 25.4 Å². The number of nitrogens with one attached hydrogen (secondary N) is 1. The highest BCUT2D eigenvalue weighted by Crippen LogP contribution is 2.29. The van der Waals surface area contributed by atoms with Crippen molar-refractivity contribution >= 4 is 11.9 Å². The molecule has 0 aliphatic heterocycles. The van der Waals surface area contributed by atoms with Crippen molar-refractivity contribution in [3.05, 3.63) is 71.9 Å². The lowest BCUT2D eigenvalue weighted by Gasteiger charge is -2.27. The summed E-state index contributed by atoms with van der Waals surface area (Å²) in [6.07, 6.45) is 9.92. The van der Waals surface area contributed by atoms with Crippen molar-refractivity contribution in [3.63, 3.8) is 0 Å². The average molecular weight is 332 g/mol. The van der Waals surface area contributed by atoms with Gasteiger partial charge in [0, 0.05) is 30.0 Å². The number of hydrogen-bond donors (Lipinski definition) is 2. The van der Waals surface area contributed by atoms with Gasteiger partial charge in [-0.25, -0.2) is 9.97 Å². The molecule has 0 spiro atoms. The van der Waals surface area contributed by atoms with Crippen molar-refractivity contribution in [3.8, 4) is 5.95 Å². The summed E-state index contributed by atoms with van der Waals surface area (Å²) in [4.78, 5) is 13.5. The Hall–Kier alpha value is -2.99. The van der Waals surface area contributed by atoms with Gasteiger partial charge >= 0.3 is 0 Å². The normalized spacial score (nSPS) is 18.8. The molecule has 1 aliphatic rings. The summed E-state index contributed by atoms with van der Waals surface area (Å²) in [6, 6.07) is 10.2. The van der Waals surface area contributed by atoms with Gasteiger partial charge in [-0.2, -0.15) is 4.98 Å². The number of aromatic nitrogens is 4. The second kappa shape index (κ2) is 6.14. The maximum Gasteiger partial charge on any atom is 0.237 e. The molecule has 126 valence electrons. The quantitative estimate of drug-likeness (QED) is 0.767. The second-order valence-corrected chi connectivity index (χ2v) is 6.56. The monoisotopic (exact) mass is 332 g/mol. The summed E-state index contributed by atoms with van der Waals surface area (Å²) >= 11 is 0. The molecule has 0 fully saturated rings. The van der Waals surface area contributed by atoms with Crippen molar-refractivity contribution in [2.24, 2.45) is 5.73 Å². The fourth-order valence-electron chi connectivity index (χ4n) is 2.93. The Morgan fingerprint density at radius 1 is 1.24 bits per heavy atom. The van der Waals surface area contributed by atoms with Gasteiger partial charge in [0.2, 0.25) is 5.95 Å². The molecule has 1 unspecified atom stereocenters. The van der Waals surface area contributed by atoms with Crippen LogP contribution in [0.15, 0.2) is 55.1 Å². The van der Waals surface area contributed by atoms with Crippen LogP contribution in [-0.2, 0) is 13.0 Å². The van der Waals surface area contributed by atoms with Gasteiger partial charge in [0.25, 0.3) is 0 Å². The van der Waals surface area contributed by atoms with Crippen LogP contribution in [0, 0.1) is 0 Å². The zero-order chi connectivity index (χ0) is 17.3. The van der Waals surface area contributed by atoms with Crippen LogP contribution in [0.2, 0.25) is 0 Å². The number of anilines is 1. The van der Waals surface area contributed by atoms with Crippen LogP contribution in [0.1, 0.15) is 23.7 Å². The van der Waals surface area contributed by atoms with Gasteiger partial charge in [-0.15, -0.1) is 0 Å². The standard InChI is InChI=1S/C19H20N6/c1-19(20)8-7-16-15(11-19)17(22-12-14-5-3-2-4-6-14)24-18(23-16)25-10-9-21-13-25/h2-10,13H,11-12,20H2,1H3,(H,22,23,24). The van der Waals surface area contributed by atoms with E-state index in [1.807, 2.05) is 43.5 Å². The molecule has 0 amide bonds. The first kappa shape index (κ1) is 15.5. The van der Waals surface area contributed by atoms with E-state index in [2.05, 4.69) is 27.4 Å². The molecule has 0 saturated carbocycles. The highest BCUT2D eigenvalue weighted by atomic mass is 15.2. The molecule has 6 heteroatoms. The van der Waals surface area contributed by atoms with E-state index in [1.54, 1.807) is 17.1 Å². The molecule has 3 aromatic rings. The predicted octanol–water partition coefficient (Wildman–Crippen LogP) is 2.56. The number of rotatable bonds is 4. The van der Waals surface area contributed by atoms with Crippen LogP contribution in [0.4, 0.5) is 5.82 Å². The largest absolute Gasteiger partial charge is 0.366 e. The van der Waals surface area contributed by atoms with E-state index in [0.717, 1.165) is 17.1 Å². The molecule has 2 heterocycles. The molecular weight excluding hydrogens is 312 g/mol. The number of fused-ring (bicyclic) bond motifs is 1. The van der Waals surface area contributed by atoms with Gasteiger partial charge in [0.05, 0.1) is 5.69 Å². The number of nitrogens with zero attached hydrogens (tertiary/aromatic N) is 4. The molecule has 2 aromatic heterocycles. The maximum atomic E-state index is 6.32. The fraction of sp³-hybridized carbons (Fsp3) is 0.211. The topological polar surface area (TPSA) is 81.7 Å². The summed E-state index contributed by atoms with van der Waals surface area (Å²) < 4.78 is 1.80. The van der Waals surface area contributed by atoms with Gasteiger partial charge in [-0.3, -0.25) is 4.57 Å². The first-order chi connectivity index (χ1) is 12.1. The Labute approximate surface area is 146 Å². The highest BCUT2D eigenvalue weighted by molar-refractivity contribution is 5.63. The van der Waals surface area contributed by atoms with E-state index in [0.29, 0.717) is 18.9 Å². The zero-order valence-corrected chi connectivity index (χ0v) is 14.1. The fourth-order valence-corrected chi connectivity index (χ4v) is 2.93. The third-order valence-corrected chi connectivity index (χ3v) is 4.25. The van der Waals surface area contributed by atoms with Crippen molar-refractivity contribution in [1.29, 1.82) is 0 Å². The van der Waals surface area contributed by atoms with E-state index in [-0.39, 0.29) is 0 Å². The minimum absolute atomic E-state index is 0.393. The van der Waals surface area contributed by atoms with Gasteiger partial charge in [0.1, 0.15) is 12.1 Å². The molecule has 0 radical (unpaired) electrons. The van der Waals surface area contributed by atoms with Crippen LogP contribution in [0.3, 0.4) is 0 Å². The SMILES string of the molecule is CC1(N)C=Cc2nc(-n3ccnc3)nc(NCc3ccccc3)c2C1. The molecule has 6 nitrogen and oxygen atoms in total. The number of benzene rings is 1. The van der Waals surface area contributed by atoms with E-state index < -0.39 is 5.54 Å². The van der Waals surface area contributed by atoms with Crippen LogP contribution in [-0.4, -0.2) is 25.1 Å². The highest BCUT2D eigenvalue weighted by Gasteiger charge is 2.26. The van der Waals surface area contributed by atoms with Gasteiger partial charge in [0.15, 0.2) is 0 Å². The van der Waals surface area contributed by atoms with Crippen LogP contribution >= 0.6 is 0 Å². The van der Waals surface area contributed by atoms with Gasteiger partial charge < -0.3 is 11.1 Å². The Morgan fingerprint density at radius 3 is 2.84 bits per heavy atom. The molecule has 1 atom stereocenters. The first-order valence-corrected chi connectivity index (χ1v) is 8.26. The Bertz CT molecular complexity index is 897. The smallest absolute Gasteiger partial charge is 0.237 e. The Morgan fingerprint density at radius 2 is 2.08 bits per heavy atom. The summed E-state index contributed by atoms with van der Waals surface area (Å²) in [6.45, 7) is 2.70. The van der Waals surface area contributed by atoms with Gasteiger partial charge in [-0.05, 0) is 25.0 Å². The molecule has 1 aromatic carbocycles. The summed E-state index contributed by atoms with van der Waals surface area (Å²) in [5.41, 5.74) is 9.07. The summed E-state index contributed by atoms with van der Waals surface area (Å²) in [7, 11) is 0. The molecule has 1 aliphatic carbocycles. The van der Waals surface area contributed by atoms with Crippen LogP contribution in [0.25, 0.3) is 12.0 Å². The lowest BCUT2D eigenvalue weighted by Crippen LogP contribution is -2.38. The molecule has 25 heavy (non-hydrogen) atoms. The van der Waals surface area contributed by atoms with E-state index >= 15 is 0 Å². The van der Waals surface area contributed by atoms with Crippen molar-refractivity contribution in [1.82, 2.24) is 19.5 Å². The lowest BCUT2D eigenvalue weighted by atomic mass is 9.88. The van der Waals surface area contributed by atoms with Crippen LogP contribution < -0.4 is 11.1 Å². The number of nitrogens with two attached hydrogens (primary N) is 1. The predicted molar refractivity (Wildman–Crippen MR) is 98.3 cm³/mol. The molecular formula is C19H20N6. The van der Waals surface area contributed by atoms with Crippen molar-refractivity contribution in [2.75, 3.05) is 5.32 Å². The molecule has 0 bridgehead atoms. The summed E-state index contributed by atoms with van der Waals surface area (Å²) in [5.74, 6) is 1.41. The minimum Gasteiger partial charge on any atom is -0.366 e. The van der Waals surface area contributed by atoms with E-state index in [9.17, 15) is 0 Å².